The number of amides is 4. The Morgan fingerprint density at radius 2 is 1.80 bits per heavy atom. The number of nitrogens with zero attached hydrogens (tertiary/aromatic N) is 3. The van der Waals surface area contributed by atoms with Crippen molar-refractivity contribution in [2.24, 2.45) is 0 Å². The Labute approximate surface area is 231 Å². The SMILES string of the molecule is CC(C)N(C(=O)c1cc2c(cc1C(F)(F)F)OC(C)(C)C(=O)N2CCNC(=O)C(F)(F)F)[C@@H]1CCCN(C(=O)O)C1. The van der Waals surface area contributed by atoms with Crippen molar-refractivity contribution in [2.45, 2.75) is 70.6 Å². The standard InChI is InChI=1S/C25H30F6N4O6/c1-13(2)35(14-6-5-8-33(12-14)22(39)40)19(36)15-10-17-18(11-16(15)24(26,27)28)41-23(3,4)21(38)34(17)9-7-32-20(37)25(29,30)31/h10-11,13-14H,5-9,12H2,1-4H3,(H,32,37)(H,39,40)/t14-/m1/s1. The molecule has 1 fully saturated rings. The van der Waals surface area contributed by atoms with Gasteiger partial charge in [-0.2, -0.15) is 26.3 Å². The lowest BCUT2D eigenvalue weighted by Crippen LogP contribution is -2.55. The number of alkyl halides is 6. The van der Waals surface area contributed by atoms with E-state index in [1.807, 2.05) is 0 Å². The Kier molecular flexibility index (Phi) is 8.75. The molecule has 1 aromatic rings. The minimum Gasteiger partial charge on any atom is -0.476 e. The third-order valence-corrected chi connectivity index (χ3v) is 6.78. The Bertz CT molecular complexity index is 1220. The van der Waals surface area contributed by atoms with Gasteiger partial charge in [0, 0.05) is 32.2 Å². The molecule has 2 aliphatic heterocycles. The van der Waals surface area contributed by atoms with Crippen LogP contribution < -0.4 is 15.0 Å². The van der Waals surface area contributed by atoms with E-state index in [0.29, 0.717) is 18.9 Å². The van der Waals surface area contributed by atoms with E-state index < -0.39 is 83.8 Å². The molecule has 0 unspecified atom stereocenters. The average molecular weight is 597 g/mol. The predicted molar refractivity (Wildman–Crippen MR) is 131 cm³/mol. The molecule has 228 valence electrons. The van der Waals surface area contributed by atoms with Crippen molar-refractivity contribution in [3.63, 3.8) is 0 Å². The quantitative estimate of drug-likeness (QED) is 0.482. The van der Waals surface area contributed by atoms with Crippen molar-refractivity contribution in [3.05, 3.63) is 23.3 Å². The van der Waals surface area contributed by atoms with Crippen LogP contribution in [0.25, 0.3) is 0 Å². The molecule has 1 aromatic carbocycles. The Balaban J connectivity index is 2.08. The average Bonchev–Trinajstić information content (AvgIpc) is 2.84. The second-order valence-electron chi connectivity index (χ2n) is 10.5. The van der Waals surface area contributed by atoms with Crippen LogP contribution in [0, 0.1) is 0 Å². The molecular weight excluding hydrogens is 566 g/mol. The summed E-state index contributed by atoms with van der Waals surface area (Å²) in [5, 5.41) is 11.0. The molecule has 2 heterocycles. The minimum atomic E-state index is -5.19. The zero-order valence-corrected chi connectivity index (χ0v) is 22.6. The molecule has 1 atom stereocenters. The highest BCUT2D eigenvalue weighted by molar-refractivity contribution is 6.05. The Hall–Kier alpha value is -3.72. The van der Waals surface area contributed by atoms with E-state index in [2.05, 4.69) is 0 Å². The summed E-state index contributed by atoms with van der Waals surface area (Å²) in [6.45, 7) is 4.45. The van der Waals surface area contributed by atoms with E-state index in [9.17, 15) is 50.6 Å². The smallest absolute Gasteiger partial charge is 0.471 e. The van der Waals surface area contributed by atoms with E-state index in [1.165, 1.54) is 13.8 Å². The van der Waals surface area contributed by atoms with E-state index in [4.69, 9.17) is 4.74 Å². The monoisotopic (exact) mass is 596 g/mol. The molecule has 2 N–H and O–H groups in total. The van der Waals surface area contributed by atoms with Crippen molar-refractivity contribution in [1.29, 1.82) is 0 Å². The molecule has 0 saturated carbocycles. The first-order valence-corrected chi connectivity index (χ1v) is 12.7. The number of benzene rings is 1. The number of anilines is 1. The van der Waals surface area contributed by atoms with Gasteiger partial charge in [-0.05, 0) is 52.7 Å². The van der Waals surface area contributed by atoms with Gasteiger partial charge >= 0.3 is 24.4 Å². The number of carbonyl (C=O) groups is 4. The van der Waals surface area contributed by atoms with Crippen LogP contribution in [0.5, 0.6) is 5.75 Å². The summed E-state index contributed by atoms with van der Waals surface area (Å²) in [5.41, 5.74) is -4.24. The number of nitrogens with one attached hydrogen (secondary N) is 1. The van der Waals surface area contributed by atoms with Crippen LogP contribution in [-0.2, 0) is 15.8 Å². The minimum absolute atomic E-state index is 0.119. The number of hydrogen-bond donors (Lipinski definition) is 2. The topological polar surface area (TPSA) is 119 Å². The largest absolute Gasteiger partial charge is 0.476 e. The highest BCUT2D eigenvalue weighted by Crippen LogP contribution is 2.44. The molecular formula is C25H30F6N4O6. The van der Waals surface area contributed by atoms with Crippen LogP contribution >= 0.6 is 0 Å². The number of halogens is 6. The molecule has 0 spiro atoms. The number of hydrogen-bond acceptors (Lipinski definition) is 5. The Morgan fingerprint density at radius 3 is 2.34 bits per heavy atom. The first-order chi connectivity index (χ1) is 18.8. The maximum Gasteiger partial charge on any atom is 0.471 e. The summed E-state index contributed by atoms with van der Waals surface area (Å²) >= 11 is 0. The van der Waals surface area contributed by atoms with Gasteiger partial charge in [0.15, 0.2) is 5.60 Å². The fourth-order valence-electron chi connectivity index (χ4n) is 4.95. The maximum atomic E-state index is 14.3. The molecule has 0 aliphatic carbocycles. The molecule has 16 heteroatoms. The first-order valence-electron chi connectivity index (χ1n) is 12.7. The highest BCUT2D eigenvalue weighted by Gasteiger charge is 2.46. The summed E-state index contributed by atoms with van der Waals surface area (Å²) in [6, 6.07) is -0.0354. The fraction of sp³-hybridized carbons (Fsp3) is 0.600. The van der Waals surface area contributed by atoms with E-state index in [0.717, 1.165) is 20.8 Å². The van der Waals surface area contributed by atoms with Gasteiger partial charge in [-0.15, -0.1) is 0 Å². The number of carbonyl (C=O) groups excluding carboxylic acids is 3. The first kappa shape index (κ1) is 31.8. The predicted octanol–water partition coefficient (Wildman–Crippen LogP) is 3.88. The van der Waals surface area contributed by atoms with Crippen LogP contribution in [0.2, 0.25) is 0 Å². The van der Waals surface area contributed by atoms with E-state index >= 15 is 0 Å². The second kappa shape index (κ2) is 11.3. The zero-order valence-electron chi connectivity index (χ0n) is 22.6. The third kappa shape index (κ3) is 6.78. The van der Waals surface area contributed by atoms with Crippen LogP contribution in [0.15, 0.2) is 12.1 Å². The molecule has 41 heavy (non-hydrogen) atoms. The second-order valence-corrected chi connectivity index (χ2v) is 10.5. The zero-order chi connectivity index (χ0) is 31.1. The summed E-state index contributed by atoms with van der Waals surface area (Å²) < 4.78 is 86.2. The number of piperidine rings is 1. The Morgan fingerprint density at radius 1 is 1.17 bits per heavy atom. The molecule has 4 amide bonds. The van der Waals surface area contributed by atoms with Crippen LogP contribution in [0.4, 0.5) is 36.8 Å². The van der Waals surface area contributed by atoms with Crippen LogP contribution in [-0.4, -0.2) is 88.8 Å². The molecule has 3 rings (SSSR count). The lowest BCUT2D eigenvalue weighted by molar-refractivity contribution is -0.173. The summed E-state index contributed by atoms with van der Waals surface area (Å²) in [5.74, 6) is -4.60. The van der Waals surface area contributed by atoms with Crippen LogP contribution in [0.3, 0.4) is 0 Å². The van der Waals surface area contributed by atoms with Crippen molar-refractivity contribution in [2.75, 3.05) is 31.1 Å². The fourth-order valence-corrected chi connectivity index (χ4v) is 4.95. The van der Waals surface area contributed by atoms with Gasteiger partial charge in [0.25, 0.3) is 11.8 Å². The molecule has 0 radical (unpaired) electrons. The van der Waals surface area contributed by atoms with Gasteiger partial charge in [-0.3, -0.25) is 14.4 Å². The van der Waals surface area contributed by atoms with Gasteiger partial charge in [0.05, 0.1) is 22.9 Å². The van der Waals surface area contributed by atoms with Crippen molar-refractivity contribution in [1.82, 2.24) is 15.1 Å². The van der Waals surface area contributed by atoms with Crippen molar-refractivity contribution >= 4 is 29.5 Å². The van der Waals surface area contributed by atoms with Gasteiger partial charge in [0.1, 0.15) is 5.75 Å². The molecule has 2 aliphatic rings. The molecule has 1 saturated heterocycles. The number of likely N-dealkylation sites (tertiary alicyclic amines) is 1. The molecule has 10 nitrogen and oxygen atoms in total. The maximum absolute atomic E-state index is 14.3. The summed E-state index contributed by atoms with van der Waals surface area (Å²) in [6.07, 6.45) is -10.8. The lowest BCUT2D eigenvalue weighted by Gasteiger charge is -2.42. The highest BCUT2D eigenvalue weighted by atomic mass is 19.4. The van der Waals surface area contributed by atoms with E-state index in [1.54, 1.807) is 19.2 Å². The summed E-state index contributed by atoms with van der Waals surface area (Å²) in [4.78, 5) is 52.7. The van der Waals surface area contributed by atoms with E-state index in [-0.39, 0.29) is 18.8 Å². The molecule has 0 bridgehead atoms. The van der Waals surface area contributed by atoms with Gasteiger partial charge in [-0.25, -0.2) is 4.79 Å². The molecule has 0 aromatic heterocycles. The number of fused-ring (bicyclic) bond motifs is 1. The number of carboxylic acid groups (broad SMARTS) is 1. The van der Waals surface area contributed by atoms with Crippen LogP contribution in [0.1, 0.15) is 56.5 Å². The van der Waals surface area contributed by atoms with Gasteiger partial charge < -0.3 is 29.9 Å². The number of rotatable bonds is 6. The summed E-state index contributed by atoms with van der Waals surface area (Å²) in [7, 11) is 0. The van der Waals surface area contributed by atoms with Crippen molar-refractivity contribution < 1.29 is 55.4 Å². The third-order valence-electron chi connectivity index (χ3n) is 6.78. The normalized spacial score (nSPS) is 19.0. The lowest BCUT2D eigenvalue weighted by atomic mass is 9.96. The van der Waals surface area contributed by atoms with Crippen molar-refractivity contribution in [3.8, 4) is 5.75 Å². The van der Waals surface area contributed by atoms with Gasteiger partial charge in [0.2, 0.25) is 0 Å². The number of ether oxygens (including phenoxy) is 1. The van der Waals surface area contributed by atoms with Gasteiger partial charge in [-0.1, -0.05) is 0 Å².